The van der Waals surface area contributed by atoms with Crippen molar-refractivity contribution in [3.05, 3.63) is 34.9 Å². The van der Waals surface area contributed by atoms with Gasteiger partial charge in [0, 0.05) is 19.3 Å². The predicted octanol–water partition coefficient (Wildman–Crippen LogP) is 3.66. The molecule has 8 heteroatoms. The predicted molar refractivity (Wildman–Crippen MR) is 120 cm³/mol. The standard InChI is InChI=1S/C26H32O8/c1-26-7-6-16-15-4-2-13(9-21(27)28)8-14(15)3-5-17(16)25(26)19(11-23(31)32)18(10-22(29)30)20(26)12-24(33)34/h2,4,8,16-20,25H,3,5-7,9-12H2,1H3,(H,27,28)(H,29,30)(H,31,32)(H,33,34)/t16-,17-,18?,19?,20?,25-,26-/m1/s1. The summed E-state index contributed by atoms with van der Waals surface area (Å²) in [5, 5.41) is 38.1. The van der Waals surface area contributed by atoms with Crippen molar-refractivity contribution in [2.75, 3.05) is 0 Å². The summed E-state index contributed by atoms with van der Waals surface area (Å²) in [5.41, 5.74) is 2.65. The number of carboxylic acid groups (broad SMARTS) is 4. The topological polar surface area (TPSA) is 149 Å². The fourth-order valence-corrected chi connectivity index (χ4v) is 8.04. The van der Waals surface area contributed by atoms with Gasteiger partial charge in [-0.25, -0.2) is 0 Å². The number of aliphatic carboxylic acids is 4. The molecule has 0 aromatic heterocycles. The number of aryl methyl sites for hydroxylation is 1. The van der Waals surface area contributed by atoms with Crippen LogP contribution in [-0.4, -0.2) is 44.3 Å². The van der Waals surface area contributed by atoms with E-state index in [-0.39, 0.29) is 55.3 Å². The molecule has 1 aromatic rings. The number of hydrogen-bond donors (Lipinski definition) is 4. The Morgan fingerprint density at radius 1 is 0.882 bits per heavy atom. The number of rotatable bonds is 8. The van der Waals surface area contributed by atoms with Crippen molar-refractivity contribution in [3.63, 3.8) is 0 Å². The molecular formula is C26H32O8. The summed E-state index contributed by atoms with van der Waals surface area (Å²) in [4.78, 5) is 46.5. The van der Waals surface area contributed by atoms with E-state index in [9.17, 15) is 34.5 Å². The molecule has 184 valence electrons. The van der Waals surface area contributed by atoms with Crippen LogP contribution in [0.1, 0.15) is 68.1 Å². The molecule has 8 nitrogen and oxygen atoms in total. The zero-order valence-electron chi connectivity index (χ0n) is 19.3. The van der Waals surface area contributed by atoms with E-state index >= 15 is 0 Å². The lowest BCUT2D eigenvalue weighted by atomic mass is 9.52. The third kappa shape index (κ3) is 4.30. The van der Waals surface area contributed by atoms with Crippen molar-refractivity contribution in [1.29, 1.82) is 0 Å². The Bertz CT molecular complexity index is 1020. The second-order valence-corrected chi connectivity index (χ2v) is 10.7. The van der Waals surface area contributed by atoms with Crippen LogP contribution in [0.3, 0.4) is 0 Å². The van der Waals surface area contributed by atoms with E-state index in [4.69, 9.17) is 5.11 Å². The Balaban J connectivity index is 1.74. The molecule has 0 radical (unpaired) electrons. The highest BCUT2D eigenvalue weighted by atomic mass is 16.4. The molecule has 0 bridgehead atoms. The summed E-state index contributed by atoms with van der Waals surface area (Å²) >= 11 is 0. The van der Waals surface area contributed by atoms with E-state index in [1.54, 1.807) is 0 Å². The van der Waals surface area contributed by atoms with Crippen molar-refractivity contribution in [3.8, 4) is 0 Å². The van der Waals surface area contributed by atoms with Gasteiger partial charge in [-0.15, -0.1) is 0 Å². The summed E-state index contributed by atoms with van der Waals surface area (Å²) < 4.78 is 0. The van der Waals surface area contributed by atoms with Gasteiger partial charge in [0.25, 0.3) is 0 Å². The Hall–Kier alpha value is -2.90. The summed E-state index contributed by atoms with van der Waals surface area (Å²) in [6.07, 6.45) is 2.58. The first-order chi connectivity index (χ1) is 16.0. The van der Waals surface area contributed by atoms with Gasteiger partial charge in [0.2, 0.25) is 0 Å². The first-order valence-corrected chi connectivity index (χ1v) is 12.0. The van der Waals surface area contributed by atoms with Gasteiger partial charge >= 0.3 is 23.9 Å². The van der Waals surface area contributed by atoms with Gasteiger partial charge in [-0.1, -0.05) is 25.1 Å². The number of fused-ring (bicyclic) bond motifs is 5. The highest BCUT2D eigenvalue weighted by Gasteiger charge is 2.63. The summed E-state index contributed by atoms with van der Waals surface area (Å²) in [7, 11) is 0. The molecule has 0 spiro atoms. The molecule has 0 aliphatic heterocycles. The molecule has 3 unspecified atom stereocenters. The normalized spacial score (nSPS) is 33.9. The number of benzene rings is 1. The summed E-state index contributed by atoms with van der Waals surface area (Å²) in [6, 6.07) is 5.84. The average Bonchev–Trinajstić information content (AvgIpc) is 2.94. The van der Waals surface area contributed by atoms with Crippen LogP contribution >= 0.6 is 0 Å². The lowest BCUT2D eigenvalue weighted by Gasteiger charge is -2.52. The van der Waals surface area contributed by atoms with Crippen LogP contribution < -0.4 is 0 Å². The SMILES string of the molecule is C[C@]12CC[C@@H]3c4ccc(CC(=O)O)cc4CC[C@H]3[C@@H]1C(CC(=O)O)C(CC(=O)O)C2CC(=O)O. The molecule has 0 heterocycles. The van der Waals surface area contributed by atoms with Crippen LogP contribution in [0.2, 0.25) is 0 Å². The van der Waals surface area contributed by atoms with Gasteiger partial charge in [0.15, 0.2) is 0 Å². The monoisotopic (exact) mass is 472 g/mol. The van der Waals surface area contributed by atoms with Gasteiger partial charge < -0.3 is 20.4 Å². The number of carboxylic acids is 4. The molecule has 0 saturated heterocycles. The molecule has 7 atom stereocenters. The Morgan fingerprint density at radius 2 is 1.53 bits per heavy atom. The number of hydrogen-bond acceptors (Lipinski definition) is 4. The van der Waals surface area contributed by atoms with E-state index in [1.165, 1.54) is 5.56 Å². The molecule has 3 aliphatic rings. The molecule has 1 aromatic carbocycles. The highest BCUT2D eigenvalue weighted by Crippen LogP contribution is 2.68. The zero-order chi connectivity index (χ0) is 24.8. The second-order valence-electron chi connectivity index (χ2n) is 10.7. The number of carbonyl (C=O) groups is 4. The van der Waals surface area contributed by atoms with Crippen LogP contribution in [0, 0.1) is 35.0 Å². The van der Waals surface area contributed by atoms with Gasteiger partial charge in [0.1, 0.15) is 0 Å². The van der Waals surface area contributed by atoms with Gasteiger partial charge in [-0.05, 0) is 83.3 Å². The minimum atomic E-state index is -1.02. The third-order valence-corrected chi connectivity index (χ3v) is 9.03. The fraction of sp³-hybridized carbons (Fsp3) is 0.615. The van der Waals surface area contributed by atoms with Crippen molar-refractivity contribution < 1.29 is 39.6 Å². The van der Waals surface area contributed by atoms with Crippen molar-refractivity contribution in [2.24, 2.45) is 35.0 Å². The lowest BCUT2D eigenvalue weighted by Crippen LogP contribution is -2.44. The maximum atomic E-state index is 11.9. The third-order valence-electron chi connectivity index (χ3n) is 9.03. The van der Waals surface area contributed by atoms with Crippen molar-refractivity contribution in [1.82, 2.24) is 0 Å². The lowest BCUT2D eigenvalue weighted by molar-refractivity contribution is -0.143. The van der Waals surface area contributed by atoms with Crippen LogP contribution in [0.5, 0.6) is 0 Å². The van der Waals surface area contributed by atoms with Crippen LogP contribution in [0.4, 0.5) is 0 Å². The van der Waals surface area contributed by atoms with Crippen molar-refractivity contribution in [2.45, 2.75) is 64.2 Å². The first-order valence-electron chi connectivity index (χ1n) is 12.0. The highest BCUT2D eigenvalue weighted by molar-refractivity contribution is 5.71. The van der Waals surface area contributed by atoms with E-state index in [0.29, 0.717) is 0 Å². The second kappa shape index (κ2) is 9.04. The largest absolute Gasteiger partial charge is 0.481 e. The fourth-order valence-electron chi connectivity index (χ4n) is 8.04. The molecule has 0 amide bonds. The van der Waals surface area contributed by atoms with E-state index < -0.39 is 35.2 Å². The van der Waals surface area contributed by atoms with Crippen LogP contribution in [0.25, 0.3) is 0 Å². The summed E-state index contributed by atoms with van der Waals surface area (Å²) in [6.45, 7) is 2.06. The van der Waals surface area contributed by atoms with Crippen LogP contribution in [0.15, 0.2) is 18.2 Å². The first kappa shape index (κ1) is 24.2. The maximum absolute atomic E-state index is 11.9. The minimum absolute atomic E-state index is 0.0313. The minimum Gasteiger partial charge on any atom is -0.481 e. The van der Waals surface area contributed by atoms with Gasteiger partial charge in [-0.3, -0.25) is 19.2 Å². The Morgan fingerprint density at radius 3 is 2.15 bits per heavy atom. The quantitative estimate of drug-likeness (QED) is 0.448. The molecule has 2 fully saturated rings. The van der Waals surface area contributed by atoms with Crippen molar-refractivity contribution >= 4 is 23.9 Å². The van der Waals surface area contributed by atoms with Gasteiger partial charge in [-0.2, -0.15) is 0 Å². The van der Waals surface area contributed by atoms with E-state index in [2.05, 4.69) is 6.92 Å². The van der Waals surface area contributed by atoms with E-state index in [1.807, 2.05) is 18.2 Å². The average molecular weight is 473 g/mol. The Kier molecular flexibility index (Phi) is 6.44. The smallest absolute Gasteiger partial charge is 0.307 e. The molecular weight excluding hydrogens is 440 g/mol. The zero-order valence-corrected chi connectivity index (χ0v) is 19.3. The molecule has 2 saturated carbocycles. The molecule has 34 heavy (non-hydrogen) atoms. The van der Waals surface area contributed by atoms with E-state index in [0.717, 1.165) is 36.8 Å². The Labute approximate surface area is 198 Å². The van der Waals surface area contributed by atoms with Gasteiger partial charge in [0.05, 0.1) is 6.42 Å². The summed E-state index contributed by atoms with van der Waals surface area (Å²) in [5.74, 6) is -4.83. The molecule has 4 N–H and O–H groups in total. The maximum Gasteiger partial charge on any atom is 0.307 e. The molecule has 3 aliphatic carbocycles. The molecule has 4 rings (SSSR count). The van der Waals surface area contributed by atoms with Crippen LogP contribution in [-0.2, 0) is 32.0 Å².